The van der Waals surface area contributed by atoms with E-state index in [4.69, 9.17) is 0 Å². The summed E-state index contributed by atoms with van der Waals surface area (Å²) < 4.78 is 0. The molecule has 0 atom stereocenters. The zero-order valence-electron chi connectivity index (χ0n) is 23.0. The predicted octanol–water partition coefficient (Wildman–Crippen LogP) is 9.05. The molecule has 0 saturated carbocycles. The molecule has 41 heavy (non-hydrogen) atoms. The third-order valence-electron chi connectivity index (χ3n) is 4.56. The summed E-state index contributed by atoms with van der Waals surface area (Å²) in [5.41, 5.74) is 0. The Balaban J connectivity index is 0. The van der Waals surface area contributed by atoms with Gasteiger partial charge in [0.25, 0.3) is 0 Å². The van der Waals surface area contributed by atoms with Crippen molar-refractivity contribution in [1.82, 2.24) is 0 Å². The zero-order valence-corrected chi connectivity index (χ0v) is 27.5. The summed E-state index contributed by atoms with van der Waals surface area (Å²) in [5, 5.41) is 2.66. The Labute approximate surface area is 276 Å². The van der Waals surface area contributed by atoms with Gasteiger partial charge in [0, 0.05) is 48.1 Å². The minimum Gasteiger partial charge on any atom is -0.273 e. The summed E-state index contributed by atoms with van der Waals surface area (Å²) in [4.78, 5) is 0. The third-order valence-corrected chi connectivity index (χ3v) is 4.56. The van der Waals surface area contributed by atoms with Crippen LogP contribution in [0.3, 0.4) is 0 Å². The number of rotatable bonds is 0. The molecule has 1 aliphatic rings. The van der Waals surface area contributed by atoms with Crippen molar-refractivity contribution in [3.05, 3.63) is 212 Å². The molecule has 0 bridgehead atoms. The van der Waals surface area contributed by atoms with Crippen molar-refractivity contribution >= 4 is 32.7 Å². The van der Waals surface area contributed by atoms with Gasteiger partial charge in [-0.05, 0) is 0 Å². The normalized spacial score (nSPS) is 9.07. The van der Waals surface area contributed by atoms with Gasteiger partial charge in [-0.3, -0.25) is 6.08 Å². The Bertz CT molecular complexity index is 1040. The fourth-order valence-electron chi connectivity index (χ4n) is 2.78. The van der Waals surface area contributed by atoms with E-state index in [0.29, 0.717) is 0 Å². The molecule has 6 aromatic rings. The maximum Gasteiger partial charge on any atom is 0 e. The smallest absolute Gasteiger partial charge is 0 e. The molecule has 202 valence electrons. The summed E-state index contributed by atoms with van der Waals surface area (Å²) in [6.07, 6.45) is 10.0. The molecule has 0 amide bonds. The number of hydrogen-bond donors (Lipinski definition) is 0. The monoisotopic (exact) mass is 634 g/mol. The van der Waals surface area contributed by atoms with Crippen LogP contribution in [0, 0.1) is 30.3 Å². The van der Waals surface area contributed by atoms with Crippen molar-refractivity contribution in [2.75, 3.05) is 0 Å². The maximum absolute atomic E-state index is 2.99. The molecular formula is C38H32Si2Zr-6. The van der Waals surface area contributed by atoms with Crippen molar-refractivity contribution in [2.45, 2.75) is 6.42 Å². The van der Waals surface area contributed by atoms with Crippen LogP contribution in [0.5, 0.6) is 0 Å². The minimum absolute atomic E-state index is 0. The second kappa shape index (κ2) is 31.0. The van der Waals surface area contributed by atoms with Gasteiger partial charge in [0.05, 0.1) is 0 Å². The van der Waals surface area contributed by atoms with Gasteiger partial charge in [0.1, 0.15) is 0 Å². The van der Waals surface area contributed by atoms with Gasteiger partial charge in [-0.2, -0.15) is 169 Å². The second-order valence-corrected chi connectivity index (χ2v) is 7.47. The summed E-state index contributed by atoms with van der Waals surface area (Å²) in [6, 6.07) is 64.7. The minimum atomic E-state index is 0. The van der Waals surface area contributed by atoms with E-state index in [2.05, 4.69) is 78.9 Å². The molecule has 0 aromatic heterocycles. The fourth-order valence-corrected chi connectivity index (χ4v) is 2.78. The Morgan fingerprint density at radius 3 is 1.15 bits per heavy atom. The van der Waals surface area contributed by atoms with E-state index >= 15 is 0 Å². The van der Waals surface area contributed by atoms with E-state index in [0.717, 1.165) is 6.42 Å². The van der Waals surface area contributed by atoms with Crippen molar-refractivity contribution in [3.63, 3.8) is 0 Å². The number of hydrogen-bond acceptors (Lipinski definition) is 0. The van der Waals surface area contributed by atoms with Crippen LogP contribution >= 0.6 is 0 Å². The first-order valence-corrected chi connectivity index (χ1v) is 12.4. The SMILES string of the molecule is [C-]1=CC=CC1.[Si].[Si].[Zr].[c-]1ccccc1.[c-]1ccccc1.[c-]1ccccc1.[c-]1ccccc1.c1ccc2[cH-]ccc2c1. The van der Waals surface area contributed by atoms with Gasteiger partial charge in [-0.25, -0.2) is 12.2 Å². The average Bonchev–Trinajstić information content (AvgIpc) is 3.78. The first-order valence-electron chi connectivity index (χ1n) is 12.4. The van der Waals surface area contributed by atoms with Crippen molar-refractivity contribution < 1.29 is 26.2 Å². The third kappa shape index (κ3) is 24.1. The van der Waals surface area contributed by atoms with Crippen molar-refractivity contribution in [3.8, 4) is 0 Å². The van der Waals surface area contributed by atoms with E-state index in [1.165, 1.54) is 10.8 Å². The first-order chi connectivity index (χ1) is 19.0. The molecular weight excluding hydrogens is 604 g/mol. The molecule has 0 heterocycles. The molecule has 7 rings (SSSR count). The van der Waals surface area contributed by atoms with Crippen LogP contribution in [0.4, 0.5) is 0 Å². The van der Waals surface area contributed by atoms with Crippen LogP contribution in [0.1, 0.15) is 6.42 Å². The topological polar surface area (TPSA) is 0 Å². The summed E-state index contributed by atoms with van der Waals surface area (Å²) >= 11 is 0. The molecule has 0 aliphatic heterocycles. The van der Waals surface area contributed by atoms with Gasteiger partial charge in [0.15, 0.2) is 0 Å². The second-order valence-electron chi connectivity index (χ2n) is 7.47. The van der Waals surface area contributed by atoms with Gasteiger partial charge >= 0.3 is 0 Å². The number of fused-ring (bicyclic) bond motifs is 1. The zero-order chi connectivity index (χ0) is 26.6. The Hall–Kier alpha value is -3.49. The largest absolute Gasteiger partial charge is 0.273 e. The first kappa shape index (κ1) is 39.6. The van der Waals surface area contributed by atoms with E-state index in [-0.39, 0.29) is 48.1 Å². The maximum atomic E-state index is 2.99. The number of allylic oxidation sites excluding steroid dienone is 4. The predicted molar refractivity (Wildman–Crippen MR) is 174 cm³/mol. The van der Waals surface area contributed by atoms with Crippen molar-refractivity contribution in [1.29, 1.82) is 0 Å². The molecule has 1 aliphatic carbocycles. The number of benzene rings is 5. The summed E-state index contributed by atoms with van der Waals surface area (Å²) in [7, 11) is 0. The van der Waals surface area contributed by atoms with E-state index in [1.54, 1.807) is 0 Å². The standard InChI is InChI=1S/C9H7.4C6H5.C5H5.2Si.Zr/c1-2-5-9-7-3-6-8(9)4-1;4*1-2-4-6-5-3-1;1-2-4-5-3-1;;;/h1-7H;4*1-5H;1-3H,4H2;;;/q6*-1;;;. The molecule has 8 radical (unpaired) electrons. The molecule has 0 fully saturated rings. The summed E-state index contributed by atoms with van der Waals surface area (Å²) in [6.45, 7) is 0. The molecule has 3 heteroatoms. The van der Waals surface area contributed by atoms with Gasteiger partial charge in [-0.15, -0.1) is 36.1 Å². The molecule has 0 saturated heterocycles. The molecule has 0 N–H and O–H groups in total. The van der Waals surface area contributed by atoms with Crippen LogP contribution in [0.25, 0.3) is 10.8 Å². The van der Waals surface area contributed by atoms with Crippen LogP contribution in [0.2, 0.25) is 0 Å². The summed E-state index contributed by atoms with van der Waals surface area (Å²) in [5.74, 6) is 0. The van der Waals surface area contributed by atoms with Gasteiger partial charge < -0.3 is 0 Å². The van der Waals surface area contributed by atoms with Crippen LogP contribution in [-0.4, -0.2) is 21.9 Å². The Kier molecular flexibility index (Phi) is 30.0. The molecule has 0 nitrogen and oxygen atoms in total. The van der Waals surface area contributed by atoms with E-state index in [9.17, 15) is 0 Å². The quantitative estimate of drug-likeness (QED) is 0.115. The Morgan fingerprint density at radius 1 is 0.488 bits per heavy atom. The van der Waals surface area contributed by atoms with Crippen LogP contribution in [-0.2, 0) is 26.2 Å². The van der Waals surface area contributed by atoms with Gasteiger partial charge in [0.2, 0.25) is 0 Å². The van der Waals surface area contributed by atoms with Crippen molar-refractivity contribution in [2.24, 2.45) is 0 Å². The Morgan fingerprint density at radius 2 is 0.902 bits per heavy atom. The van der Waals surface area contributed by atoms with Crippen LogP contribution < -0.4 is 0 Å². The van der Waals surface area contributed by atoms with E-state index < -0.39 is 0 Å². The molecule has 0 unspecified atom stereocenters. The molecule has 0 spiro atoms. The van der Waals surface area contributed by atoms with E-state index in [1.807, 2.05) is 133 Å². The fraction of sp³-hybridized carbons (Fsp3) is 0.0263. The molecule has 6 aromatic carbocycles. The average molecular weight is 636 g/mol. The van der Waals surface area contributed by atoms with Gasteiger partial charge in [-0.1, -0.05) is 6.07 Å². The van der Waals surface area contributed by atoms with Crippen LogP contribution in [0.15, 0.2) is 182 Å².